The predicted octanol–water partition coefficient (Wildman–Crippen LogP) is 1.64. The Morgan fingerprint density at radius 1 is 1.29 bits per heavy atom. The molecule has 2 atom stereocenters. The summed E-state index contributed by atoms with van der Waals surface area (Å²) in [6.07, 6.45) is 0.846. The summed E-state index contributed by atoms with van der Waals surface area (Å²) in [6.45, 7) is 6.75. The minimum Gasteiger partial charge on any atom is -0.485 e. The van der Waals surface area contributed by atoms with Gasteiger partial charge in [-0.3, -0.25) is 0 Å². The molecule has 2 heterocycles. The minimum atomic E-state index is -3.55. The van der Waals surface area contributed by atoms with Gasteiger partial charge in [-0.2, -0.15) is 4.31 Å². The summed E-state index contributed by atoms with van der Waals surface area (Å²) in [5.41, 5.74) is 5.86. The van der Waals surface area contributed by atoms with E-state index < -0.39 is 27.8 Å². The molecule has 0 aromatic heterocycles. The minimum absolute atomic E-state index is 0.210. The first kappa shape index (κ1) is 17.7. The largest absolute Gasteiger partial charge is 0.485 e. The fourth-order valence-corrected chi connectivity index (χ4v) is 4.87. The van der Waals surface area contributed by atoms with Gasteiger partial charge in [0.2, 0.25) is 10.0 Å². The average Bonchev–Trinajstić information content (AvgIpc) is 2.52. The normalized spacial score (nSPS) is 28.2. The lowest BCUT2D eigenvalue weighted by Crippen LogP contribution is -2.51. The van der Waals surface area contributed by atoms with Crippen LogP contribution < -0.4 is 10.5 Å². The first-order valence-corrected chi connectivity index (χ1v) is 9.83. The lowest BCUT2D eigenvalue weighted by molar-refractivity contribution is -0.0572. The quantitative estimate of drug-likeness (QED) is 0.842. The third-order valence-corrected chi connectivity index (χ3v) is 7.04. The number of ether oxygens (including phenoxy) is 1. The molecule has 7 heteroatoms. The molecule has 134 valence electrons. The molecular weight excluding hydrogens is 328 g/mol. The van der Waals surface area contributed by atoms with Gasteiger partial charge in [0.05, 0.1) is 10.9 Å². The van der Waals surface area contributed by atoms with Crippen LogP contribution in [0, 0.1) is 5.92 Å². The van der Waals surface area contributed by atoms with E-state index in [1.165, 1.54) is 4.31 Å². The third-order valence-electron chi connectivity index (χ3n) is 5.15. The van der Waals surface area contributed by atoms with Crippen LogP contribution in [0.2, 0.25) is 0 Å². The number of sulfonamides is 1. The Labute approximate surface area is 143 Å². The maximum absolute atomic E-state index is 12.9. The Bertz CT molecular complexity index is 724. The summed E-state index contributed by atoms with van der Waals surface area (Å²) >= 11 is 0. The first-order chi connectivity index (χ1) is 11.1. The molecular formula is C17H26N2O4S. The van der Waals surface area contributed by atoms with Gasteiger partial charge in [-0.15, -0.1) is 0 Å². The van der Waals surface area contributed by atoms with Gasteiger partial charge in [-0.05, 0) is 50.8 Å². The van der Waals surface area contributed by atoms with E-state index in [4.69, 9.17) is 10.5 Å². The van der Waals surface area contributed by atoms with Crippen molar-refractivity contribution < 1.29 is 18.3 Å². The molecule has 2 aliphatic rings. The van der Waals surface area contributed by atoms with Crippen LogP contribution >= 0.6 is 0 Å². The van der Waals surface area contributed by atoms with Gasteiger partial charge in [0, 0.05) is 18.7 Å². The molecule has 24 heavy (non-hydrogen) atoms. The second kappa shape index (κ2) is 5.98. The molecule has 1 aromatic carbocycles. The molecule has 2 aliphatic heterocycles. The number of piperidine rings is 1. The van der Waals surface area contributed by atoms with Crippen molar-refractivity contribution in [1.29, 1.82) is 0 Å². The zero-order valence-corrected chi connectivity index (χ0v) is 15.2. The van der Waals surface area contributed by atoms with Gasteiger partial charge in [-0.25, -0.2) is 8.42 Å². The van der Waals surface area contributed by atoms with Crippen LogP contribution in [-0.4, -0.2) is 42.6 Å². The van der Waals surface area contributed by atoms with Crippen molar-refractivity contribution in [1.82, 2.24) is 4.31 Å². The Morgan fingerprint density at radius 3 is 2.54 bits per heavy atom. The molecule has 0 spiro atoms. The molecule has 1 fully saturated rings. The van der Waals surface area contributed by atoms with Crippen LogP contribution in [0.15, 0.2) is 23.1 Å². The van der Waals surface area contributed by atoms with Gasteiger partial charge in [0.25, 0.3) is 0 Å². The second-order valence-electron chi connectivity index (χ2n) is 7.46. The average molecular weight is 354 g/mol. The number of benzene rings is 1. The Morgan fingerprint density at radius 2 is 1.92 bits per heavy atom. The molecule has 0 bridgehead atoms. The van der Waals surface area contributed by atoms with Crippen molar-refractivity contribution in [3.63, 3.8) is 0 Å². The number of nitrogens with zero attached hydrogens (tertiary/aromatic N) is 1. The van der Waals surface area contributed by atoms with Gasteiger partial charge in [0.1, 0.15) is 17.5 Å². The molecule has 0 amide bonds. The van der Waals surface area contributed by atoms with Crippen molar-refractivity contribution >= 4 is 10.0 Å². The van der Waals surface area contributed by atoms with Gasteiger partial charge < -0.3 is 15.6 Å². The summed E-state index contributed by atoms with van der Waals surface area (Å²) in [4.78, 5) is 0.210. The molecule has 0 unspecified atom stereocenters. The van der Waals surface area contributed by atoms with Gasteiger partial charge in [-0.1, -0.05) is 6.92 Å². The van der Waals surface area contributed by atoms with Crippen LogP contribution in [0.4, 0.5) is 0 Å². The van der Waals surface area contributed by atoms with Crippen LogP contribution in [-0.2, 0) is 10.0 Å². The van der Waals surface area contributed by atoms with E-state index in [1.54, 1.807) is 32.0 Å². The second-order valence-corrected chi connectivity index (χ2v) is 9.40. The lowest BCUT2D eigenvalue weighted by atomic mass is 9.87. The summed E-state index contributed by atoms with van der Waals surface area (Å²) in [5, 5.41) is 10.3. The standard InChI is InChI=1S/C17H26N2O4S/c1-11-6-8-19(9-7-11)24(21,22)12-4-5-14-13(10-12)15(18)16(20)17(2,3)23-14/h4-5,10-11,15-16,20H,6-9,18H2,1-3H3/t15-,16+/m1/s1. The van der Waals surface area contributed by atoms with Crippen molar-refractivity contribution in [2.75, 3.05) is 13.1 Å². The highest BCUT2D eigenvalue weighted by Crippen LogP contribution is 2.40. The molecule has 0 saturated carbocycles. The van der Waals surface area contributed by atoms with Gasteiger partial charge >= 0.3 is 0 Å². The first-order valence-electron chi connectivity index (χ1n) is 8.39. The van der Waals surface area contributed by atoms with E-state index in [-0.39, 0.29) is 4.90 Å². The van der Waals surface area contributed by atoms with E-state index in [0.29, 0.717) is 30.3 Å². The Kier molecular flexibility index (Phi) is 4.40. The molecule has 0 radical (unpaired) electrons. The number of aliphatic hydroxyl groups excluding tert-OH is 1. The zero-order valence-electron chi connectivity index (χ0n) is 14.4. The van der Waals surface area contributed by atoms with Crippen LogP contribution in [0.5, 0.6) is 5.75 Å². The molecule has 1 saturated heterocycles. The maximum atomic E-state index is 12.9. The van der Waals surface area contributed by atoms with E-state index in [0.717, 1.165) is 12.8 Å². The molecule has 1 aromatic rings. The predicted molar refractivity (Wildman–Crippen MR) is 91.2 cm³/mol. The van der Waals surface area contributed by atoms with Crippen molar-refractivity contribution in [3.8, 4) is 5.75 Å². The molecule has 3 rings (SSSR count). The number of rotatable bonds is 2. The molecule has 0 aliphatic carbocycles. The number of fused-ring (bicyclic) bond motifs is 1. The topological polar surface area (TPSA) is 92.9 Å². The monoisotopic (exact) mass is 354 g/mol. The zero-order chi connectivity index (χ0) is 17.7. The summed E-state index contributed by atoms with van der Waals surface area (Å²) < 4.78 is 33.1. The third kappa shape index (κ3) is 2.94. The van der Waals surface area contributed by atoms with E-state index in [9.17, 15) is 13.5 Å². The van der Waals surface area contributed by atoms with Crippen molar-refractivity contribution in [2.24, 2.45) is 11.7 Å². The van der Waals surface area contributed by atoms with Gasteiger partial charge in [0.15, 0.2) is 0 Å². The Hall–Kier alpha value is -1.15. The SMILES string of the molecule is CC1CCN(S(=O)(=O)c2ccc3c(c2)[C@@H](N)[C@H](O)C(C)(C)O3)CC1. The van der Waals surface area contributed by atoms with Crippen molar-refractivity contribution in [3.05, 3.63) is 23.8 Å². The summed E-state index contributed by atoms with van der Waals surface area (Å²) in [6, 6.07) is 4.07. The number of hydrogen-bond donors (Lipinski definition) is 2. The van der Waals surface area contributed by atoms with Crippen LogP contribution in [0.25, 0.3) is 0 Å². The fraction of sp³-hybridized carbons (Fsp3) is 0.647. The smallest absolute Gasteiger partial charge is 0.243 e. The summed E-state index contributed by atoms with van der Waals surface area (Å²) in [7, 11) is -3.55. The maximum Gasteiger partial charge on any atom is 0.243 e. The Balaban J connectivity index is 1.94. The highest BCUT2D eigenvalue weighted by molar-refractivity contribution is 7.89. The van der Waals surface area contributed by atoms with E-state index in [2.05, 4.69) is 6.92 Å². The molecule has 6 nitrogen and oxygen atoms in total. The highest BCUT2D eigenvalue weighted by atomic mass is 32.2. The van der Waals surface area contributed by atoms with E-state index >= 15 is 0 Å². The fourth-order valence-electron chi connectivity index (χ4n) is 3.36. The highest BCUT2D eigenvalue weighted by Gasteiger charge is 2.42. The lowest BCUT2D eigenvalue weighted by Gasteiger charge is -2.40. The van der Waals surface area contributed by atoms with Crippen molar-refractivity contribution in [2.45, 2.75) is 56.3 Å². The summed E-state index contributed by atoms with van der Waals surface area (Å²) in [5.74, 6) is 1.09. The van der Waals surface area contributed by atoms with Crippen LogP contribution in [0.1, 0.15) is 45.2 Å². The number of nitrogens with two attached hydrogens (primary N) is 1. The molecule has 3 N–H and O–H groups in total. The van der Waals surface area contributed by atoms with Crippen LogP contribution in [0.3, 0.4) is 0 Å². The van der Waals surface area contributed by atoms with E-state index in [1.807, 2.05) is 0 Å². The number of aliphatic hydroxyl groups is 1. The number of hydrogen-bond acceptors (Lipinski definition) is 5.